The minimum absolute atomic E-state index is 0.0301. The van der Waals surface area contributed by atoms with Crippen LogP contribution in [0.5, 0.6) is 11.8 Å². The van der Waals surface area contributed by atoms with Crippen molar-refractivity contribution in [1.29, 1.82) is 0 Å². The van der Waals surface area contributed by atoms with E-state index in [-0.39, 0.29) is 23.8 Å². The van der Waals surface area contributed by atoms with E-state index in [1.807, 2.05) is 0 Å². The number of nitrogens with zero attached hydrogens (tertiary/aromatic N) is 2. The zero-order chi connectivity index (χ0) is 29.1. The van der Waals surface area contributed by atoms with Gasteiger partial charge in [0, 0.05) is 30.4 Å². The van der Waals surface area contributed by atoms with Crippen molar-refractivity contribution in [2.45, 2.75) is 32.0 Å². The first kappa shape index (κ1) is 27.7. The van der Waals surface area contributed by atoms with Crippen molar-refractivity contribution in [2.24, 2.45) is 0 Å². The van der Waals surface area contributed by atoms with Crippen LogP contribution in [0.3, 0.4) is 0 Å². The van der Waals surface area contributed by atoms with E-state index in [9.17, 15) is 13.6 Å². The summed E-state index contributed by atoms with van der Waals surface area (Å²) in [6.45, 7) is 4.81. The lowest BCUT2D eigenvalue weighted by atomic mass is 10.0. The van der Waals surface area contributed by atoms with Crippen molar-refractivity contribution >= 4 is 11.6 Å². The van der Waals surface area contributed by atoms with Gasteiger partial charge in [-0.15, -0.1) is 0 Å². The maximum atomic E-state index is 14.1. The molecule has 2 aromatic heterocycles. The summed E-state index contributed by atoms with van der Waals surface area (Å²) in [6.07, 6.45) is 4.61. The first-order valence-electron chi connectivity index (χ1n) is 14.0. The monoisotopic (exact) mass is 571 g/mol. The second kappa shape index (κ2) is 12.2. The number of carbonyl (C=O) groups excluding carboxylic acids is 1. The van der Waals surface area contributed by atoms with Gasteiger partial charge in [0.1, 0.15) is 23.8 Å². The Labute approximate surface area is 242 Å². The SMILES string of the molecule is Cc1cc(-c2cc(C(=O)Nc3cnc(O[C@H]4CCNC4)c(-c4ccc(F)cc4)c3)cnc2O[C@H]2CCNC2)ccc1F. The molecule has 216 valence electrons. The average molecular weight is 572 g/mol. The molecule has 4 aromatic rings. The number of anilines is 1. The van der Waals surface area contributed by atoms with Crippen LogP contribution in [0.15, 0.2) is 67.0 Å². The molecule has 10 heteroatoms. The number of halogens is 2. The third-order valence-corrected chi connectivity index (χ3v) is 7.43. The summed E-state index contributed by atoms with van der Waals surface area (Å²) in [5, 5.41) is 9.43. The Bertz CT molecular complexity index is 1590. The van der Waals surface area contributed by atoms with Crippen LogP contribution in [-0.4, -0.2) is 54.3 Å². The number of ether oxygens (including phenoxy) is 2. The molecule has 3 N–H and O–H groups in total. The van der Waals surface area contributed by atoms with Crippen LogP contribution < -0.4 is 25.4 Å². The molecule has 42 heavy (non-hydrogen) atoms. The van der Waals surface area contributed by atoms with Gasteiger partial charge in [-0.2, -0.15) is 0 Å². The van der Waals surface area contributed by atoms with E-state index in [4.69, 9.17) is 9.47 Å². The molecule has 2 saturated heterocycles. The highest BCUT2D eigenvalue weighted by Crippen LogP contribution is 2.34. The van der Waals surface area contributed by atoms with Crippen LogP contribution in [0.4, 0.5) is 14.5 Å². The normalized spacial score (nSPS) is 18.2. The molecule has 4 heterocycles. The summed E-state index contributed by atoms with van der Waals surface area (Å²) in [6, 6.07) is 14.3. The molecular formula is C32H31F2N5O3. The molecule has 0 saturated carbocycles. The van der Waals surface area contributed by atoms with Crippen molar-refractivity contribution in [3.8, 4) is 34.0 Å². The van der Waals surface area contributed by atoms with Gasteiger partial charge in [-0.3, -0.25) is 4.79 Å². The highest BCUT2D eigenvalue weighted by Gasteiger charge is 2.22. The van der Waals surface area contributed by atoms with Crippen molar-refractivity contribution < 1.29 is 23.0 Å². The maximum absolute atomic E-state index is 14.1. The third-order valence-electron chi connectivity index (χ3n) is 7.43. The molecule has 8 nitrogen and oxygen atoms in total. The van der Waals surface area contributed by atoms with Gasteiger partial charge in [-0.1, -0.05) is 18.2 Å². The molecule has 0 unspecified atom stereocenters. The van der Waals surface area contributed by atoms with Gasteiger partial charge >= 0.3 is 0 Å². The van der Waals surface area contributed by atoms with Crippen LogP contribution in [0, 0.1) is 18.6 Å². The summed E-state index contributed by atoms with van der Waals surface area (Å²) in [5.74, 6) is -0.280. The second-order valence-corrected chi connectivity index (χ2v) is 10.5. The first-order chi connectivity index (χ1) is 20.4. The topological polar surface area (TPSA) is 97.4 Å². The number of carbonyl (C=O) groups is 1. The molecule has 2 atom stereocenters. The van der Waals surface area contributed by atoms with Gasteiger partial charge in [-0.05, 0) is 85.9 Å². The fourth-order valence-corrected chi connectivity index (χ4v) is 5.12. The molecule has 0 aliphatic carbocycles. The molecule has 0 bridgehead atoms. The van der Waals surface area contributed by atoms with Crippen LogP contribution >= 0.6 is 0 Å². The number of benzene rings is 2. The van der Waals surface area contributed by atoms with E-state index in [0.717, 1.165) is 25.9 Å². The van der Waals surface area contributed by atoms with Gasteiger partial charge in [-0.25, -0.2) is 18.7 Å². The summed E-state index contributed by atoms with van der Waals surface area (Å²) in [4.78, 5) is 22.5. The van der Waals surface area contributed by atoms with Crippen LogP contribution in [0.1, 0.15) is 28.8 Å². The van der Waals surface area contributed by atoms with E-state index < -0.39 is 5.91 Å². The smallest absolute Gasteiger partial charge is 0.257 e. The molecular weight excluding hydrogens is 540 g/mol. The van der Waals surface area contributed by atoms with E-state index in [2.05, 4.69) is 25.9 Å². The molecule has 2 fully saturated rings. The number of aryl methyl sites for hydroxylation is 1. The third kappa shape index (κ3) is 6.24. The summed E-state index contributed by atoms with van der Waals surface area (Å²) in [5.41, 5.74) is 3.84. The van der Waals surface area contributed by atoms with Crippen molar-refractivity contribution in [1.82, 2.24) is 20.6 Å². The highest BCUT2D eigenvalue weighted by molar-refractivity contribution is 6.05. The fourth-order valence-electron chi connectivity index (χ4n) is 5.12. The molecule has 1 amide bonds. The van der Waals surface area contributed by atoms with Crippen molar-refractivity contribution in [3.05, 3.63) is 89.8 Å². The van der Waals surface area contributed by atoms with Crippen molar-refractivity contribution in [2.75, 3.05) is 31.5 Å². The number of aromatic nitrogens is 2. The molecule has 0 spiro atoms. The van der Waals surface area contributed by atoms with E-state index in [1.54, 1.807) is 43.3 Å². The summed E-state index contributed by atoms with van der Waals surface area (Å²) < 4.78 is 40.0. The van der Waals surface area contributed by atoms with Crippen LogP contribution in [0.2, 0.25) is 0 Å². The zero-order valence-electron chi connectivity index (χ0n) is 23.1. The molecule has 0 radical (unpaired) electrons. The zero-order valence-corrected chi connectivity index (χ0v) is 23.1. The number of nitrogens with one attached hydrogen (secondary N) is 3. The lowest BCUT2D eigenvalue weighted by Crippen LogP contribution is -2.21. The average Bonchev–Trinajstić information content (AvgIpc) is 3.71. The Kier molecular flexibility index (Phi) is 8.07. The van der Waals surface area contributed by atoms with E-state index >= 15 is 0 Å². The number of amides is 1. The Morgan fingerprint density at radius 1 is 0.833 bits per heavy atom. The largest absolute Gasteiger partial charge is 0.473 e. The van der Waals surface area contributed by atoms with Gasteiger partial charge in [0.2, 0.25) is 11.8 Å². The van der Waals surface area contributed by atoms with Gasteiger partial charge in [0.05, 0.1) is 17.4 Å². The Morgan fingerprint density at radius 3 is 2.07 bits per heavy atom. The van der Waals surface area contributed by atoms with E-state index in [0.29, 0.717) is 63.9 Å². The summed E-state index contributed by atoms with van der Waals surface area (Å²) >= 11 is 0. The highest BCUT2D eigenvalue weighted by atomic mass is 19.1. The standard InChI is InChI=1S/C32H31F2N5O3/c1-19-12-21(4-7-29(19)34)27-13-22(15-37-31(27)41-25-8-10-35-17-25)30(40)39-24-14-28(20-2-5-23(33)6-3-20)32(38-16-24)42-26-9-11-36-18-26/h2-7,12-16,25-26,35-36H,8-11,17-18H2,1H3,(H,39,40)/t25-,26-/m0/s1. The van der Waals surface area contributed by atoms with Crippen molar-refractivity contribution in [3.63, 3.8) is 0 Å². The fraction of sp³-hybridized carbons (Fsp3) is 0.281. The predicted octanol–water partition coefficient (Wildman–Crippen LogP) is 5.13. The number of hydrogen-bond acceptors (Lipinski definition) is 7. The quantitative estimate of drug-likeness (QED) is 0.270. The van der Waals surface area contributed by atoms with Crippen LogP contribution in [-0.2, 0) is 0 Å². The number of pyridine rings is 2. The number of hydrogen-bond donors (Lipinski definition) is 3. The Hall–Kier alpha value is -4.41. The number of rotatable bonds is 8. The van der Waals surface area contributed by atoms with Gasteiger partial charge in [0.25, 0.3) is 5.91 Å². The minimum Gasteiger partial charge on any atom is -0.473 e. The predicted molar refractivity (Wildman–Crippen MR) is 156 cm³/mol. The lowest BCUT2D eigenvalue weighted by Gasteiger charge is -2.17. The molecule has 2 aliphatic heterocycles. The second-order valence-electron chi connectivity index (χ2n) is 10.5. The molecule has 6 rings (SSSR count). The summed E-state index contributed by atoms with van der Waals surface area (Å²) in [7, 11) is 0. The minimum atomic E-state index is -0.405. The molecule has 2 aliphatic rings. The Morgan fingerprint density at radius 2 is 1.45 bits per heavy atom. The Balaban J connectivity index is 1.30. The first-order valence-corrected chi connectivity index (χ1v) is 14.0. The van der Waals surface area contributed by atoms with Gasteiger partial charge < -0.3 is 25.4 Å². The van der Waals surface area contributed by atoms with E-state index in [1.165, 1.54) is 30.6 Å². The van der Waals surface area contributed by atoms with Crippen LogP contribution in [0.25, 0.3) is 22.3 Å². The van der Waals surface area contributed by atoms with Gasteiger partial charge in [0.15, 0.2) is 0 Å². The maximum Gasteiger partial charge on any atom is 0.257 e. The lowest BCUT2D eigenvalue weighted by molar-refractivity contribution is 0.102. The molecule has 2 aromatic carbocycles.